The fraction of sp³-hybridized carbons (Fsp3) is 0.320. The summed E-state index contributed by atoms with van der Waals surface area (Å²) in [5.41, 5.74) is 4.22. The van der Waals surface area contributed by atoms with Crippen LogP contribution in [0.25, 0.3) is 11.3 Å². The van der Waals surface area contributed by atoms with Crippen LogP contribution in [0, 0.1) is 13.8 Å². The van der Waals surface area contributed by atoms with Crippen molar-refractivity contribution in [2.75, 3.05) is 31.1 Å². The van der Waals surface area contributed by atoms with Crippen LogP contribution in [-0.4, -0.2) is 53.1 Å². The van der Waals surface area contributed by atoms with E-state index in [2.05, 4.69) is 20.9 Å². The molecule has 1 amide bonds. The number of piperazine rings is 1. The summed E-state index contributed by atoms with van der Waals surface area (Å²) in [4.78, 5) is 25.8. The SMILES string of the molecule is Cc1cc(C)cc(OC(C)C(=O)N2CCN(c3cc(-c4ccccc4)ncn3)CC2)c1. The average Bonchev–Trinajstić information content (AvgIpc) is 2.78. The standard InChI is InChI=1S/C25H28N4O2/c1-18-13-19(2)15-22(14-18)31-20(3)25(30)29-11-9-28(10-12-29)24-16-23(26-17-27-24)21-7-5-4-6-8-21/h4-8,13-17,20H,9-12H2,1-3H3. The highest BCUT2D eigenvalue weighted by molar-refractivity contribution is 5.81. The fourth-order valence-electron chi connectivity index (χ4n) is 3.96. The van der Waals surface area contributed by atoms with Crippen LogP contribution in [0.5, 0.6) is 5.75 Å². The summed E-state index contributed by atoms with van der Waals surface area (Å²) in [7, 11) is 0. The highest BCUT2D eigenvalue weighted by atomic mass is 16.5. The number of anilines is 1. The van der Waals surface area contributed by atoms with Gasteiger partial charge in [0.2, 0.25) is 0 Å². The van der Waals surface area contributed by atoms with Gasteiger partial charge in [0.15, 0.2) is 6.10 Å². The van der Waals surface area contributed by atoms with Crippen molar-refractivity contribution in [3.8, 4) is 17.0 Å². The van der Waals surface area contributed by atoms with Gasteiger partial charge in [0, 0.05) is 37.8 Å². The topological polar surface area (TPSA) is 58.6 Å². The van der Waals surface area contributed by atoms with Crippen LogP contribution < -0.4 is 9.64 Å². The molecule has 1 aliphatic rings. The molecule has 6 nitrogen and oxygen atoms in total. The molecule has 0 radical (unpaired) electrons. The van der Waals surface area contributed by atoms with Gasteiger partial charge in [0.25, 0.3) is 5.91 Å². The molecular weight excluding hydrogens is 388 g/mol. The van der Waals surface area contributed by atoms with E-state index in [0.29, 0.717) is 13.1 Å². The number of carbonyl (C=O) groups is 1. The van der Waals surface area contributed by atoms with E-state index in [9.17, 15) is 4.79 Å². The number of ether oxygens (including phenoxy) is 1. The molecule has 1 atom stereocenters. The van der Waals surface area contributed by atoms with Gasteiger partial charge in [0.05, 0.1) is 5.69 Å². The highest BCUT2D eigenvalue weighted by Gasteiger charge is 2.26. The Morgan fingerprint density at radius 2 is 1.61 bits per heavy atom. The van der Waals surface area contributed by atoms with Gasteiger partial charge in [-0.3, -0.25) is 4.79 Å². The quantitative estimate of drug-likeness (QED) is 0.632. The Balaban J connectivity index is 1.36. The second kappa shape index (κ2) is 9.16. The van der Waals surface area contributed by atoms with Gasteiger partial charge < -0.3 is 14.5 Å². The summed E-state index contributed by atoms with van der Waals surface area (Å²) in [5.74, 6) is 1.65. The molecule has 0 N–H and O–H groups in total. The number of rotatable bonds is 5. The lowest BCUT2D eigenvalue weighted by molar-refractivity contribution is -0.138. The number of hydrogen-bond acceptors (Lipinski definition) is 5. The smallest absolute Gasteiger partial charge is 0.263 e. The van der Waals surface area contributed by atoms with Gasteiger partial charge in [-0.2, -0.15) is 0 Å². The third-order valence-electron chi connectivity index (χ3n) is 5.49. The second-order valence-corrected chi connectivity index (χ2v) is 8.02. The summed E-state index contributed by atoms with van der Waals surface area (Å²) < 4.78 is 5.94. The molecule has 0 bridgehead atoms. The van der Waals surface area contributed by atoms with Crippen molar-refractivity contribution >= 4 is 11.7 Å². The first-order chi connectivity index (χ1) is 15.0. The maximum Gasteiger partial charge on any atom is 0.263 e. The molecule has 0 spiro atoms. The van der Waals surface area contributed by atoms with Crippen LogP contribution >= 0.6 is 0 Å². The van der Waals surface area contributed by atoms with E-state index in [0.717, 1.165) is 47.0 Å². The molecular formula is C25H28N4O2. The Hall–Kier alpha value is -3.41. The van der Waals surface area contributed by atoms with Crippen LogP contribution in [0.3, 0.4) is 0 Å². The minimum Gasteiger partial charge on any atom is -0.481 e. The molecule has 1 saturated heterocycles. The number of hydrogen-bond donors (Lipinski definition) is 0. The van der Waals surface area contributed by atoms with Crippen molar-refractivity contribution in [1.29, 1.82) is 0 Å². The Labute approximate surface area is 183 Å². The van der Waals surface area contributed by atoms with Crippen LogP contribution in [0.4, 0.5) is 5.82 Å². The minimum atomic E-state index is -0.517. The third kappa shape index (κ3) is 5.02. The molecule has 2 aromatic carbocycles. The van der Waals surface area contributed by atoms with Crippen molar-refractivity contribution in [3.63, 3.8) is 0 Å². The van der Waals surface area contributed by atoms with E-state index < -0.39 is 6.10 Å². The van der Waals surface area contributed by atoms with Gasteiger partial charge in [-0.15, -0.1) is 0 Å². The number of amides is 1. The van der Waals surface area contributed by atoms with Gasteiger partial charge in [0.1, 0.15) is 17.9 Å². The number of aromatic nitrogens is 2. The van der Waals surface area contributed by atoms with Crippen molar-refractivity contribution in [2.45, 2.75) is 26.9 Å². The minimum absolute atomic E-state index is 0.0199. The van der Waals surface area contributed by atoms with Crippen molar-refractivity contribution in [2.24, 2.45) is 0 Å². The molecule has 3 aromatic rings. The van der Waals surface area contributed by atoms with Gasteiger partial charge in [-0.25, -0.2) is 9.97 Å². The molecule has 160 valence electrons. The zero-order valence-corrected chi connectivity index (χ0v) is 18.3. The summed E-state index contributed by atoms with van der Waals surface area (Å²) in [6, 6.07) is 18.1. The van der Waals surface area contributed by atoms with Crippen molar-refractivity contribution in [3.05, 3.63) is 72.1 Å². The van der Waals surface area contributed by atoms with Gasteiger partial charge in [-0.05, 0) is 44.0 Å². The molecule has 1 fully saturated rings. The Morgan fingerprint density at radius 1 is 0.935 bits per heavy atom. The fourth-order valence-corrected chi connectivity index (χ4v) is 3.96. The summed E-state index contributed by atoms with van der Waals surface area (Å²) in [6.07, 6.45) is 1.09. The zero-order chi connectivity index (χ0) is 21.8. The summed E-state index contributed by atoms with van der Waals surface area (Å²) in [5, 5.41) is 0. The van der Waals surface area contributed by atoms with E-state index in [1.807, 2.05) is 74.2 Å². The zero-order valence-electron chi connectivity index (χ0n) is 18.3. The molecule has 1 aromatic heterocycles. The molecule has 4 rings (SSSR count). The van der Waals surface area contributed by atoms with Crippen LogP contribution in [0.1, 0.15) is 18.1 Å². The maximum absolute atomic E-state index is 12.9. The van der Waals surface area contributed by atoms with E-state index in [1.165, 1.54) is 0 Å². The van der Waals surface area contributed by atoms with Crippen molar-refractivity contribution < 1.29 is 9.53 Å². The predicted octanol–water partition coefficient (Wildman–Crippen LogP) is 3.88. The molecule has 31 heavy (non-hydrogen) atoms. The molecule has 1 unspecified atom stereocenters. The Morgan fingerprint density at radius 3 is 2.29 bits per heavy atom. The predicted molar refractivity (Wildman–Crippen MR) is 122 cm³/mol. The maximum atomic E-state index is 12.9. The number of aryl methyl sites for hydroxylation is 2. The normalized spacial score (nSPS) is 14.9. The molecule has 6 heteroatoms. The van der Waals surface area contributed by atoms with Crippen LogP contribution in [-0.2, 0) is 4.79 Å². The molecule has 2 heterocycles. The Kier molecular flexibility index (Phi) is 6.16. The van der Waals surface area contributed by atoms with Crippen LogP contribution in [0.2, 0.25) is 0 Å². The Bertz CT molecular complexity index is 1030. The van der Waals surface area contributed by atoms with E-state index in [-0.39, 0.29) is 5.91 Å². The largest absolute Gasteiger partial charge is 0.481 e. The molecule has 0 saturated carbocycles. The van der Waals surface area contributed by atoms with Crippen LogP contribution in [0.15, 0.2) is 60.9 Å². The van der Waals surface area contributed by atoms with Crippen molar-refractivity contribution in [1.82, 2.24) is 14.9 Å². The van der Waals surface area contributed by atoms with Gasteiger partial charge >= 0.3 is 0 Å². The van der Waals surface area contributed by atoms with Gasteiger partial charge in [-0.1, -0.05) is 36.4 Å². The summed E-state index contributed by atoms with van der Waals surface area (Å²) >= 11 is 0. The number of carbonyl (C=O) groups excluding carboxylic acids is 1. The summed E-state index contributed by atoms with van der Waals surface area (Å²) in [6.45, 7) is 8.63. The first-order valence-corrected chi connectivity index (χ1v) is 10.7. The molecule has 1 aliphatic heterocycles. The number of benzene rings is 2. The lowest BCUT2D eigenvalue weighted by atomic mass is 10.1. The monoisotopic (exact) mass is 416 g/mol. The third-order valence-corrected chi connectivity index (χ3v) is 5.49. The number of nitrogens with zero attached hydrogens (tertiary/aromatic N) is 4. The first kappa shape index (κ1) is 20.8. The highest BCUT2D eigenvalue weighted by Crippen LogP contribution is 2.22. The average molecular weight is 417 g/mol. The lowest BCUT2D eigenvalue weighted by Crippen LogP contribution is -2.52. The van der Waals surface area contributed by atoms with E-state index >= 15 is 0 Å². The van der Waals surface area contributed by atoms with E-state index in [1.54, 1.807) is 6.33 Å². The lowest BCUT2D eigenvalue weighted by Gasteiger charge is -2.36. The molecule has 0 aliphatic carbocycles. The van der Waals surface area contributed by atoms with E-state index in [4.69, 9.17) is 4.74 Å². The second-order valence-electron chi connectivity index (χ2n) is 8.02. The first-order valence-electron chi connectivity index (χ1n) is 10.7.